The summed E-state index contributed by atoms with van der Waals surface area (Å²) in [6.07, 6.45) is 1.96. The molecule has 1 aliphatic heterocycles. The van der Waals surface area contributed by atoms with E-state index in [0.717, 1.165) is 37.8 Å². The molecular weight excluding hydrogens is 260 g/mol. The minimum absolute atomic E-state index is 0.680. The summed E-state index contributed by atoms with van der Waals surface area (Å²) in [5, 5.41) is 4.04. The van der Waals surface area contributed by atoms with E-state index < -0.39 is 0 Å². The Morgan fingerprint density at radius 3 is 2.79 bits per heavy atom. The van der Waals surface area contributed by atoms with Gasteiger partial charge in [0.25, 0.3) is 5.82 Å². The Morgan fingerprint density at radius 2 is 2.16 bits per heavy atom. The van der Waals surface area contributed by atoms with Crippen molar-refractivity contribution in [1.29, 1.82) is 0 Å². The molecular formula is C13H21N4OS+. The highest BCUT2D eigenvalue weighted by atomic mass is 32.1. The third kappa shape index (κ3) is 4.04. The number of aromatic nitrogens is 1. The van der Waals surface area contributed by atoms with Crippen LogP contribution in [0.25, 0.3) is 0 Å². The van der Waals surface area contributed by atoms with Crippen molar-refractivity contribution >= 4 is 23.1 Å². The van der Waals surface area contributed by atoms with E-state index in [1.54, 1.807) is 7.11 Å². The average molecular weight is 281 g/mol. The monoisotopic (exact) mass is 281 g/mol. The summed E-state index contributed by atoms with van der Waals surface area (Å²) in [6, 6.07) is 6.15. The van der Waals surface area contributed by atoms with Crippen LogP contribution in [0.4, 0.5) is 5.82 Å². The lowest BCUT2D eigenvalue weighted by Gasteiger charge is -2.32. The minimum Gasteiger partial charge on any atom is -0.383 e. The molecule has 6 heteroatoms. The Hall–Kier alpha value is -1.40. The number of ether oxygens (including phenoxy) is 1. The summed E-state index contributed by atoms with van der Waals surface area (Å²) < 4.78 is 5.00. The zero-order chi connectivity index (χ0) is 13.5. The highest BCUT2D eigenvalue weighted by Crippen LogP contribution is 2.09. The van der Waals surface area contributed by atoms with Crippen LogP contribution < -0.4 is 15.2 Å². The first-order chi connectivity index (χ1) is 9.31. The molecule has 1 fully saturated rings. The van der Waals surface area contributed by atoms with E-state index in [1.165, 1.54) is 5.82 Å². The molecule has 1 saturated heterocycles. The molecule has 1 aliphatic rings. The molecule has 1 aromatic heterocycles. The van der Waals surface area contributed by atoms with Crippen LogP contribution >= 0.6 is 12.2 Å². The van der Waals surface area contributed by atoms with Crippen molar-refractivity contribution in [2.24, 2.45) is 0 Å². The maximum absolute atomic E-state index is 5.38. The summed E-state index contributed by atoms with van der Waals surface area (Å²) in [5.41, 5.74) is 0. The first-order valence-electron chi connectivity index (χ1n) is 6.54. The van der Waals surface area contributed by atoms with Gasteiger partial charge in [-0.2, -0.15) is 0 Å². The Kier molecular flexibility index (Phi) is 5.35. The molecule has 0 aromatic carbocycles. The molecule has 0 saturated carbocycles. The number of methoxy groups -OCH3 is 1. The lowest BCUT2D eigenvalue weighted by atomic mass is 10.3. The second kappa shape index (κ2) is 7.25. The quantitative estimate of drug-likeness (QED) is 0.628. The number of hydrogen-bond donors (Lipinski definition) is 1. The van der Waals surface area contributed by atoms with Crippen LogP contribution in [0.5, 0.6) is 0 Å². The number of anilines is 1. The summed E-state index contributed by atoms with van der Waals surface area (Å²) in [4.78, 5) is 7.82. The zero-order valence-electron chi connectivity index (χ0n) is 11.3. The van der Waals surface area contributed by atoms with Crippen LogP contribution in [0.3, 0.4) is 0 Å². The SMILES string of the molecule is COCCNC(=S)N1CCN(c2cccc[nH+]2)CC1. The number of piperazine rings is 1. The molecule has 19 heavy (non-hydrogen) atoms. The molecule has 0 aliphatic carbocycles. The lowest BCUT2D eigenvalue weighted by molar-refractivity contribution is -0.364. The molecule has 0 amide bonds. The number of rotatable bonds is 4. The van der Waals surface area contributed by atoms with Gasteiger partial charge in [0, 0.05) is 19.7 Å². The number of hydrogen-bond acceptors (Lipinski definition) is 3. The van der Waals surface area contributed by atoms with E-state index in [4.69, 9.17) is 17.0 Å². The van der Waals surface area contributed by atoms with Gasteiger partial charge in [-0.3, -0.25) is 4.90 Å². The standard InChI is InChI=1S/C13H20N4OS/c1-18-11-6-15-13(19)17-9-7-16(8-10-17)12-4-2-3-5-14-12/h2-5H,6-11H2,1H3,(H,15,19)/p+1. The summed E-state index contributed by atoms with van der Waals surface area (Å²) in [7, 11) is 1.69. The van der Waals surface area contributed by atoms with Crippen molar-refractivity contribution in [3.63, 3.8) is 0 Å². The van der Waals surface area contributed by atoms with Gasteiger partial charge in [0.1, 0.15) is 13.1 Å². The van der Waals surface area contributed by atoms with Crippen LogP contribution in [-0.2, 0) is 4.74 Å². The fourth-order valence-corrected chi connectivity index (χ4v) is 2.39. The van der Waals surface area contributed by atoms with Gasteiger partial charge in [-0.15, -0.1) is 0 Å². The molecule has 0 bridgehead atoms. The number of thiocarbonyl (C=S) groups is 1. The van der Waals surface area contributed by atoms with Gasteiger partial charge in [0.05, 0.1) is 25.9 Å². The molecule has 2 N–H and O–H groups in total. The molecule has 2 rings (SSSR count). The Balaban J connectivity index is 1.77. The van der Waals surface area contributed by atoms with E-state index in [9.17, 15) is 0 Å². The average Bonchev–Trinajstić information content (AvgIpc) is 2.48. The number of nitrogens with one attached hydrogen (secondary N) is 2. The van der Waals surface area contributed by atoms with Crippen LogP contribution in [-0.4, -0.2) is 56.5 Å². The molecule has 2 heterocycles. The van der Waals surface area contributed by atoms with Gasteiger partial charge in [-0.05, 0) is 18.3 Å². The van der Waals surface area contributed by atoms with Crippen molar-refractivity contribution in [3.05, 3.63) is 24.4 Å². The highest BCUT2D eigenvalue weighted by molar-refractivity contribution is 7.80. The van der Waals surface area contributed by atoms with Crippen LogP contribution in [0.15, 0.2) is 24.4 Å². The smallest absolute Gasteiger partial charge is 0.274 e. The van der Waals surface area contributed by atoms with E-state index in [2.05, 4.69) is 32.2 Å². The number of aromatic amines is 1. The third-order valence-corrected chi connectivity index (χ3v) is 3.59. The van der Waals surface area contributed by atoms with Gasteiger partial charge < -0.3 is 15.0 Å². The molecule has 1 aromatic rings. The van der Waals surface area contributed by atoms with Crippen LogP contribution in [0, 0.1) is 0 Å². The van der Waals surface area contributed by atoms with Crippen molar-refractivity contribution in [2.45, 2.75) is 0 Å². The maximum atomic E-state index is 5.38. The van der Waals surface area contributed by atoms with Crippen molar-refractivity contribution < 1.29 is 9.72 Å². The minimum atomic E-state index is 0.680. The topological polar surface area (TPSA) is 41.9 Å². The fraction of sp³-hybridized carbons (Fsp3) is 0.538. The van der Waals surface area contributed by atoms with Gasteiger partial charge in [-0.1, -0.05) is 6.07 Å². The van der Waals surface area contributed by atoms with Gasteiger partial charge in [0.15, 0.2) is 5.11 Å². The Bertz CT molecular complexity index is 393. The van der Waals surface area contributed by atoms with Crippen LogP contribution in [0.1, 0.15) is 0 Å². The Labute approximate surface area is 119 Å². The highest BCUT2D eigenvalue weighted by Gasteiger charge is 2.24. The van der Waals surface area contributed by atoms with E-state index in [0.29, 0.717) is 6.61 Å². The van der Waals surface area contributed by atoms with Crippen molar-refractivity contribution in [3.8, 4) is 0 Å². The largest absolute Gasteiger partial charge is 0.383 e. The van der Waals surface area contributed by atoms with Crippen molar-refractivity contribution in [2.75, 3.05) is 51.3 Å². The van der Waals surface area contributed by atoms with E-state index in [-0.39, 0.29) is 0 Å². The second-order valence-corrected chi connectivity index (χ2v) is 4.83. The van der Waals surface area contributed by atoms with Crippen molar-refractivity contribution in [1.82, 2.24) is 10.2 Å². The lowest BCUT2D eigenvalue weighted by Crippen LogP contribution is -2.53. The first-order valence-corrected chi connectivity index (χ1v) is 6.95. The number of H-pyrrole nitrogens is 1. The van der Waals surface area contributed by atoms with E-state index >= 15 is 0 Å². The van der Waals surface area contributed by atoms with E-state index in [1.807, 2.05) is 12.3 Å². The van der Waals surface area contributed by atoms with Gasteiger partial charge in [0.2, 0.25) is 0 Å². The number of pyridine rings is 1. The third-order valence-electron chi connectivity index (χ3n) is 3.18. The molecule has 0 spiro atoms. The van der Waals surface area contributed by atoms with Gasteiger partial charge >= 0.3 is 0 Å². The predicted octanol–water partition coefficient (Wildman–Crippen LogP) is 0.144. The number of nitrogens with zero attached hydrogens (tertiary/aromatic N) is 2. The summed E-state index contributed by atoms with van der Waals surface area (Å²) in [5.74, 6) is 1.17. The predicted molar refractivity (Wildman–Crippen MR) is 79.3 cm³/mol. The normalized spacial score (nSPS) is 15.4. The molecule has 0 unspecified atom stereocenters. The molecule has 104 valence electrons. The zero-order valence-corrected chi connectivity index (χ0v) is 12.1. The van der Waals surface area contributed by atoms with Gasteiger partial charge in [-0.25, -0.2) is 4.98 Å². The fourth-order valence-electron chi connectivity index (χ4n) is 2.10. The second-order valence-electron chi connectivity index (χ2n) is 4.45. The summed E-state index contributed by atoms with van der Waals surface area (Å²) >= 11 is 5.38. The summed E-state index contributed by atoms with van der Waals surface area (Å²) in [6.45, 7) is 5.30. The van der Waals surface area contributed by atoms with Crippen LogP contribution in [0.2, 0.25) is 0 Å². The first kappa shape index (κ1) is 14.0. The molecule has 0 radical (unpaired) electrons. The molecule has 0 atom stereocenters. The molecule has 5 nitrogen and oxygen atoms in total. The maximum Gasteiger partial charge on any atom is 0.274 e. The Morgan fingerprint density at radius 1 is 1.37 bits per heavy atom.